The zero-order chi connectivity index (χ0) is 13.5. The first kappa shape index (κ1) is 14.0. The van der Waals surface area contributed by atoms with Crippen LogP contribution in [0.3, 0.4) is 0 Å². The molecule has 1 amide bonds. The maximum Gasteiger partial charge on any atom is 0.315 e. The van der Waals surface area contributed by atoms with Crippen molar-refractivity contribution in [2.24, 2.45) is 0 Å². The number of aryl methyl sites for hydroxylation is 1. The number of rotatable bonds is 5. The Hall–Kier alpha value is -2.11. The molecule has 0 atom stereocenters. The van der Waals surface area contributed by atoms with Crippen LogP contribution in [-0.2, 0) is 14.3 Å². The molecule has 0 saturated carbocycles. The average molecular weight is 252 g/mol. The summed E-state index contributed by atoms with van der Waals surface area (Å²) in [5.41, 5.74) is 1.35. The fraction of sp³-hybridized carbons (Fsp3) is 0.417. The molecule has 0 radical (unpaired) electrons. The molecule has 6 heteroatoms. The molecule has 0 spiro atoms. The van der Waals surface area contributed by atoms with Crippen LogP contribution in [0.15, 0.2) is 12.3 Å². The van der Waals surface area contributed by atoms with Gasteiger partial charge in [-0.05, 0) is 19.4 Å². The molecule has 1 aromatic heterocycles. The lowest BCUT2D eigenvalue weighted by Gasteiger charge is -2.08. The first-order chi connectivity index (χ1) is 8.56. The average Bonchev–Trinajstić information content (AvgIpc) is 2.31. The van der Waals surface area contributed by atoms with E-state index >= 15 is 0 Å². The second-order valence-electron chi connectivity index (χ2n) is 3.57. The Bertz CT molecular complexity index is 446. The lowest BCUT2D eigenvalue weighted by Crippen LogP contribution is -2.18. The van der Waals surface area contributed by atoms with Gasteiger partial charge in [-0.3, -0.25) is 9.59 Å². The molecule has 1 heterocycles. The highest BCUT2D eigenvalue weighted by Gasteiger charge is 2.11. The molecule has 1 aromatic rings. The summed E-state index contributed by atoms with van der Waals surface area (Å²) >= 11 is 0. The van der Waals surface area contributed by atoms with Crippen LogP contribution in [0.25, 0.3) is 0 Å². The van der Waals surface area contributed by atoms with Gasteiger partial charge < -0.3 is 14.8 Å². The first-order valence-corrected chi connectivity index (χ1v) is 5.53. The Morgan fingerprint density at radius 3 is 2.72 bits per heavy atom. The van der Waals surface area contributed by atoms with Gasteiger partial charge in [0.15, 0.2) is 0 Å². The largest absolute Gasteiger partial charge is 0.481 e. The number of nitrogens with one attached hydrogen (secondary N) is 1. The van der Waals surface area contributed by atoms with Gasteiger partial charge in [0.2, 0.25) is 11.8 Å². The minimum atomic E-state index is -0.547. The number of pyridine rings is 1. The van der Waals surface area contributed by atoms with Crippen LogP contribution >= 0.6 is 0 Å². The normalized spacial score (nSPS) is 9.72. The molecule has 0 saturated heterocycles. The summed E-state index contributed by atoms with van der Waals surface area (Å²) in [6, 6.07) is 1.69. The van der Waals surface area contributed by atoms with Gasteiger partial charge in [0, 0.05) is 6.07 Å². The van der Waals surface area contributed by atoms with Crippen molar-refractivity contribution in [3.8, 4) is 5.88 Å². The second kappa shape index (κ2) is 6.58. The summed E-state index contributed by atoms with van der Waals surface area (Å²) in [4.78, 5) is 26.6. The smallest absolute Gasteiger partial charge is 0.315 e. The van der Waals surface area contributed by atoms with Gasteiger partial charge in [-0.1, -0.05) is 0 Å². The number of hydrogen-bond acceptors (Lipinski definition) is 5. The Morgan fingerprint density at radius 1 is 1.44 bits per heavy atom. The van der Waals surface area contributed by atoms with Crippen molar-refractivity contribution in [1.82, 2.24) is 4.98 Å². The highest BCUT2D eigenvalue weighted by molar-refractivity contribution is 6.02. The Morgan fingerprint density at radius 2 is 2.17 bits per heavy atom. The van der Waals surface area contributed by atoms with Gasteiger partial charge in [0.05, 0.1) is 25.6 Å². The van der Waals surface area contributed by atoms with Gasteiger partial charge in [0.25, 0.3) is 0 Å². The van der Waals surface area contributed by atoms with E-state index in [9.17, 15) is 9.59 Å². The number of carbonyl (C=O) groups excluding carboxylic acids is 2. The van der Waals surface area contributed by atoms with Crippen molar-refractivity contribution in [3.63, 3.8) is 0 Å². The lowest BCUT2D eigenvalue weighted by atomic mass is 10.2. The highest BCUT2D eigenvalue weighted by Crippen LogP contribution is 2.17. The van der Waals surface area contributed by atoms with Gasteiger partial charge in [-0.2, -0.15) is 0 Å². The quantitative estimate of drug-likeness (QED) is 0.631. The highest BCUT2D eigenvalue weighted by atomic mass is 16.5. The fourth-order valence-corrected chi connectivity index (χ4v) is 1.31. The summed E-state index contributed by atoms with van der Waals surface area (Å²) in [6.07, 6.45) is 1.18. The fourth-order valence-electron chi connectivity index (χ4n) is 1.31. The van der Waals surface area contributed by atoms with E-state index in [1.807, 2.05) is 6.92 Å². The summed E-state index contributed by atoms with van der Waals surface area (Å²) in [5.74, 6) is -0.506. The van der Waals surface area contributed by atoms with Crippen LogP contribution in [0, 0.1) is 6.92 Å². The molecule has 0 unspecified atom stereocenters. The number of amides is 1. The number of nitrogens with zero attached hydrogens (tertiary/aromatic N) is 1. The number of anilines is 1. The number of esters is 1. The molecule has 98 valence electrons. The third-order valence-corrected chi connectivity index (χ3v) is 2.18. The predicted molar refractivity (Wildman–Crippen MR) is 65.4 cm³/mol. The van der Waals surface area contributed by atoms with E-state index in [4.69, 9.17) is 4.74 Å². The minimum Gasteiger partial charge on any atom is -0.481 e. The van der Waals surface area contributed by atoms with Crippen molar-refractivity contribution in [2.75, 3.05) is 19.0 Å². The van der Waals surface area contributed by atoms with E-state index in [-0.39, 0.29) is 13.0 Å². The number of ether oxygens (including phenoxy) is 2. The molecule has 6 nitrogen and oxygen atoms in total. The topological polar surface area (TPSA) is 77.5 Å². The Balaban J connectivity index is 2.62. The third-order valence-electron chi connectivity index (χ3n) is 2.18. The van der Waals surface area contributed by atoms with Crippen molar-refractivity contribution in [2.45, 2.75) is 20.3 Å². The van der Waals surface area contributed by atoms with Crippen LogP contribution < -0.4 is 10.1 Å². The Kier molecular flexibility index (Phi) is 5.10. The first-order valence-electron chi connectivity index (χ1n) is 5.53. The number of carbonyl (C=O) groups is 2. The molecule has 0 fully saturated rings. The van der Waals surface area contributed by atoms with Crippen molar-refractivity contribution in [3.05, 3.63) is 17.8 Å². The van der Waals surface area contributed by atoms with Crippen LogP contribution in [0.1, 0.15) is 18.9 Å². The number of aromatic nitrogens is 1. The standard InChI is InChI=1S/C12H16N2O4/c1-4-18-12(16)6-10(15)14-9-7-13-11(17-3)5-8(9)2/h5,7H,4,6H2,1-3H3,(H,14,15). The van der Waals surface area contributed by atoms with Crippen molar-refractivity contribution < 1.29 is 19.1 Å². The third kappa shape index (κ3) is 4.04. The number of hydrogen-bond donors (Lipinski definition) is 1. The van der Waals surface area contributed by atoms with Gasteiger partial charge in [0.1, 0.15) is 6.42 Å². The minimum absolute atomic E-state index is 0.259. The molecule has 1 N–H and O–H groups in total. The van der Waals surface area contributed by atoms with Crippen LogP contribution in [0.5, 0.6) is 5.88 Å². The molecule has 0 bridgehead atoms. The van der Waals surface area contributed by atoms with E-state index in [2.05, 4.69) is 15.0 Å². The van der Waals surface area contributed by atoms with E-state index in [1.165, 1.54) is 13.3 Å². The maximum absolute atomic E-state index is 11.5. The molecule has 18 heavy (non-hydrogen) atoms. The van der Waals surface area contributed by atoms with Gasteiger partial charge >= 0.3 is 5.97 Å². The van der Waals surface area contributed by atoms with E-state index in [0.717, 1.165) is 5.56 Å². The second-order valence-corrected chi connectivity index (χ2v) is 3.57. The molecule has 0 aliphatic rings. The SMILES string of the molecule is CCOC(=O)CC(=O)Nc1cnc(OC)cc1C. The lowest BCUT2D eigenvalue weighted by molar-refractivity contribution is -0.145. The summed E-state index contributed by atoms with van der Waals surface area (Å²) in [7, 11) is 1.51. The number of methoxy groups -OCH3 is 1. The molecule has 0 aliphatic heterocycles. The van der Waals surface area contributed by atoms with E-state index in [1.54, 1.807) is 13.0 Å². The van der Waals surface area contributed by atoms with Crippen LogP contribution in [0.4, 0.5) is 5.69 Å². The molecular weight excluding hydrogens is 236 g/mol. The van der Waals surface area contributed by atoms with Crippen molar-refractivity contribution in [1.29, 1.82) is 0 Å². The monoisotopic (exact) mass is 252 g/mol. The molecular formula is C12H16N2O4. The van der Waals surface area contributed by atoms with E-state index in [0.29, 0.717) is 11.6 Å². The molecule has 0 aliphatic carbocycles. The summed E-state index contributed by atoms with van der Waals surface area (Å²) in [5, 5.41) is 2.59. The van der Waals surface area contributed by atoms with Crippen molar-refractivity contribution >= 4 is 17.6 Å². The van der Waals surface area contributed by atoms with Gasteiger partial charge in [-0.15, -0.1) is 0 Å². The molecule has 0 aromatic carbocycles. The molecule has 1 rings (SSSR count). The zero-order valence-corrected chi connectivity index (χ0v) is 10.6. The summed E-state index contributed by atoms with van der Waals surface area (Å²) in [6.45, 7) is 3.76. The maximum atomic E-state index is 11.5. The predicted octanol–water partition coefficient (Wildman–Crippen LogP) is 1.29. The van der Waals surface area contributed by atoms with E-state index < -0.39 is 11.9 Å². The van der Waals surface area contributed by atoms with Crippen LogP contribution in [-0.4, -0.2) is 30.6 Å². The van der Waals surface area contributed by atoms with Gasteiger partial charge in [-0.25, -0.2) is 4.98 Å². The zero-order valence-electron chi connectivity index (χ0n) is 10.6. The summed E-state index contributed by atoms with van der Waals surface area (Å²) < 4.78 is 9.64. The Labute approximate surface area is 105 Å². The van der Waals surface area contributed by atoms with Crippen LogP contribution in [0.2, 0.25) is 0 Å².